The van der Waals surface area contributed by atoms with Crippen LogP contribution in [-0.4, -0.2) is 33.5 Å². The van der Waals surface area contributed by atoms with Crippen molar-refractivity contribution < 1.29 is 9.90 Å². The molecule has 1 saturated heterocycles. The number of nitrogens with zero attached hydrogens (tertiary/aromatic N) is 2. The maximum Gasteiger partial charge on any atom is 0.252 e. The lowest BCUT2D eigenvalue weighted by atomic mass is 9.96. The van der Waals surface area contributed by atoms with E-state index in [1.807, 2.05) is 42.5 Å². The minimum Gasteiger partial charge on any atom is -0.383 e. The van der Waals surface area contributed by atoms with E-state index in [-0.39, 0.29) is 11.8 Å². The minimum absolute atomic E-state index is 0.152. The molecule has 0 saturated carbocycles. The van der Waals surface area contributed by atoms with E-state index in [0.717, 1.165) is 11.1 Å². The molecule has 1 aliphatic heterocycles. The van der Waals surface area contributed by atoms with Crippen molar-refractivity contribution in [3.8, 4) is 0 Å². The van der Waals surface area contributed by atoms with Gasteiger partial charge in [-0.1, -0.05) is 36.4 Å². The number of aliphatic hydroxyl groups excluding tert-OH is 1. The van der Waals surface area contributed by atoms with Crippen molar-refractivity contribution in [2.45, 2.75) is 18.6 Å². The normalized spacial score (nSPS) is 22.2. The highest BCUT2D eigenvalue weighted by Crippen LogP contribution is 2.29. The Labute approximate surface area is 117 Å². The lowest BCUT2D eigenvalue weighted by molar-refractivity contribution is -0.135. The zero-order valence-corrected chi connectivity index (χ0v) is 11.0. The van der Waals surface area contributed by atoms with Gasteiger partial charge in [0.2, 0.25) is 0 Å². The number of amides is 1. The van der Waals surface area contributed by atoms with Crippen molar-refractivity contribution in [3.05, 3.63) is 66.0 Å². The molecule has 0 radical (unpaired) electrons. The molecule has 0 spiro atoms. The second kappa shape index (κ2) is 5.43. The van der Waals surface area contributed by atoms with Gasteiger partial charge in [-0.25, -0.2) is 0 Å². The van der Waals surface area contributed by atoms with Crippen LogP contribution < -0.4 is 0 Å². The maximum absolute atomic E-state index is 12.1. The molecule has 3 rings (SSSR count). The fraction of sp³-hybridized carbons (Fsp3) is 0.250. The molecule has 1 aromatic heterocycles. The van der Waals surface area contributed by atoms with E-state index in [1.165, 1.54) is 0 Å². The number of carbonyl (C=O) groups excluding carboxylic acids is 1. The van der Waals surface area contributed by atoms with Crippen molar-refractivity contribution in [1.82, 2.24) is 9.88 Å². The summed E-state index contributed by atoms with van der Waals surface area (Å²) in [4.78, 5) is 17.9. The second-order valence-electron chi connectivity index (χ2n) is 5.04. The third-order valence-electron chi connectivity index (χ3n) is 3.69. The Morgan fingerprint density at radius 3 is 2.70 bits per heavy atom. The Hall–Kier alpha value is -2.20. The van der Waals surface area contributed by atoms with Crippen LogP contribution >= 0.6 is 0 Å². The lowest BCUT2D eigenvalue weighted by Gasteiger charge is -2.16. The molecule has 4 heteroatoms. The highest BCUT2D eigenvalue weighted by molar-refractivity contribution is 5.84. The lowest BCUT2D eigenvalue weighted by Crippen LogP contribution is -2.29. The van der Waals surface area contributed by atoms with Crippen molar-refractivity contribution in [3.63, 3.8) is 0 Å². The van der Waals surface area contributed by atoms with Crippen LogP contribution in [0.5, 0.6) is 0 Å². The summed E-state index contributed by atoms with van der Waals surface area (Å²) < 4.78 is 0. The topological polar surface area (TPSA) is 53.4 Å². The summed E-state index contributed by atoms with van der Waals surface area (Å²) in [5.74, 6) is -0.358. The van der Waals surface area contributed by atoms with Crippen LogP contribution in [0.4, 0.5) is 0 Å². The van der Waals surface area contributed by atoms with Crippen LogP contribution in [0.1, 0.15) is 17.0 Å². The summed E-state index contributed by atoms with van der Waals surface area (Å²) in [6.07, 6.45) is 2.50. The van der Waals surface area contributed by atoms with E-state index in [2.05, 4.69) is 4.98 Å². The van der Waals surface area contributed by atoms with Gasteiger partial charge in [0, 0.05) is 31.4 Å². The molecule has 1 aromatic carbocycles. The highest BCUT2D eigenvalue weighted by Gasteiger charge is 2.39. The van der Waals surface area contributed by atoms with Gasteiger partial charge in [-0.05, 0) is 17.2 Å². The smallest absolute Gasteiger partial charge is 0.252 e. The van der Waals surface area contributed by atoms with Crippen LogP contribution in [0.15, 0.2) is 54.9 Å². The molecule has 0 bridgehead atoms. The number of pyridine rings is 1. The van der Waals surface area contributed by atoms with Crippen LogP contribution in [-0.2, 0) is 11.3 Å². The minimum atomic E-state index is -0.950. The van der Waals surface area contributed by atoms with Gasteiger partial charge in [0.1, 0.15) is 6.10 Å². The van der Waals surface area contributed by atoms with Crippen molar-refractivity contribution in [2.24, 2.45) is 0 Å². The first-order chi connectivity index (χ1) is 9.75. The monoisotopic (exact) mass is 268 g/mol. The number of benzene rings is 1. The van der Waals surface area contributed by atoms with Gasteiger partial charge in [0.05, 0.1) is 0 Å². The summed E-state index contributed by atoms with van der Waals surface area (Å²) in [5.41, 5.74) is 1.98. The van der Waals surface area contributed by atoms with E-state index in [4.69, 9.17) is 0 Å². The molecule has 2 aromatic rings. The molecule has 20 heavy (non-hydrogen) atoms. The van der Waals surface area contributed by atoms with E-state index in [9.17, 15) is 9.90 Å². The number of carbonyl (C=O) groups is 1. The molecule has 2 unspecified atom stereocenters. The molecule has 2 atom stereocenters. The third kappa shape index (κ3) is 2.42. The molecular formula is C16H16N2O2. The van der Waals surface area contributed by atoms with Crippen LogP contribution in [0, 0.1) is 0 Å². The molecule has 1 N–H and O–H groups in total. The van der Waals surface area contributed by atoms with Crippen molar-refractivity contribution in [2.75, 3.05) is 6.54 Å². The predicted octanol–water partition coefficient (Wildman–Crippen LogP) is 1.57. The Bertz CT molecular complexity index is 586. The molecule has 0 aliphatic carbocycles. The average molecular weight is 268 g/mol. The molecule has 1 amide bonds. The predicted molar refractivity (Wildman–Crippen MR) is 74.8 cm³/mol. The van der Waals surface area contributed by atoms with Crippen LogP contribution in [0.2, 0.25) is 0 Å². The van der Waals surface area contributed by atoms with Gasteiger partial charge in [-0.3, -0.25) is 9.78 Å². The van der Waals surface area contributed by atoms with Gasteiger partial charge in [-0.15, -0.1) is 0 Å². The van der Waals surface area contributed by atoms with Crippen molar-refractivity contribution >= 4 is 5.91 Å². The number of aliphatic hydroxyl groups is 1. The van der Waals surface area contributed by atoms with Gasteiger partial charge in [0.25, 0.3) is 5.91 Å². The number of hydrogen-bond donors (Lipinski definition) is 1. The quantitative estimate of drug-likeness (QED) is 0.919. The van der Waals surface area contributed by atoms with E-state index in [1.54, 1.807) is 17.3 Å². The molecule has 2 heterocycles. The Kier molecular flexibility index (Phi) is 3.48. The van der Waals surface area contributed by atoms with E-state index >= 15 is 0 Å². The number of aromatic nitrogens is 1. The number of hydrogen-bond acceptors (Lipinski definition) is 3. The first kappa shape index (κ1) is 12.8. The second-order valence-corrected chi connectivity index (χ2v) is 5.04. The number of likely N-dealkylation sites (tertiary alicyclic amines) is 1. The molecule has 102 valence electrons. The van der Waals surface area contributed by atoms with E-state index < -0.39 is 6.10 Å². The Morgan fingerprint density at radius 1 is 1.20 bits per heavy atom. The summed E-state index contributed by atoms with van der Waals surface area (Å²) in [5, 5.41) is 10.2. The van der Waals surface area contributed by atoms with Gasteiger partial charge >= 0.3 is 0 Å². The zero-order valence-electron chi connectivity index (χ0n) is 11.0. The van der Waals surface area contributed by atoms with E-state index in [0.29, 0.717) is 13.1 Å². The summed E-state index contributed by atoms with van der Waals surface area (Å²) in [6, 6.07) is 13.5. The molecular weight excluding hydrogens is 252 g/mol. The Balaban J connectivity index is 1.77. The zero-order chi connectivity index (χ0) is 13.9. The fourth-order valence-corrected chi connectivity index (χ4v) is 2.63. The first-order valence-electron chi connectivity index (χ1n) is 6.66. The molecule has 1 aliphatic rings. The summed E-state index contributed by atoms with van der Waals surface area (Å²) in [6.45, 7) is 1.03. The Morgan fingerprint density at radius 2 is 2.00 bits per heavy atom. The van der Waals surface area contributed by atoms with Crippen molar-refractivity contribution in [1.29, 1.82) is 0 Å². The molecule has 4 nitrogen and oxygen atoms in total. The van der Waals surface area contributed by atoms with Gasteiger partial charge < -0.3 is 10.0 Å². The standard InChI is InChI=1S/C16H16N2O2/c19-15-14(13-6-2-1-3-7-13)11-18(16(15)20)10-12-5-4-8-17-9-12/h1-9,14-15,19H,10-11H2. The largest absolute Gasteiger partial charge is 0.383 e. The average Bonchev–Trinajstić information content (AvgIpc) is 2.78. The van der Waals surface area contributed by atoms with Gasteiger partial charge in [-0.2, -0.15) is 0 Å². The first-order valence-corrected chi connectivity index (χ1v) is 6.66. The maximum atomic E-state index is 12.1. The number of rotatable bonds is 3. The summed E-state index contributed by atoms with van der Waals surface area (Å²) in [7, 11) is 0. The molecule has 1 fully saturated rings. The fourth-order valence-electron chi connectivity index (χ4n) is 2.63. The highest BCUT2D eigenvalue weighted by atomic mass is 16.3. The van der Waals surface area contributed by atoms with Gasteiger partial charge in [0.15, 0.2) is 0 Å². The van der Waals surface area contributed by atoms with Crippen LogP contribution in [0.3, 0.4) is 0 Å². The van der Waals surface area contributed by atoms with Crippen LogP contribution in [0.25, 0.3) is 0 Å². The summed E-state index contributed by atoms with van der Waals surface area (Å²) >= 11 is 0. The SMILES string of the molecule is O=C1C(O)C(c2ccccc2)CN1Cc1cccnc1. The third-order valence-corrected chi connectivity index (χ3v) is 3.69.